The van der Waals surface area contributed by atoms with Crippen LogP contribution in [0.15, 0.2) is 18.3 Å². The van der Waals surface area contributed by atoms with Crippen molar-refractivity contribution in [1.82, 2.24) is 9.19 Å². The first kappa shape index (κ1) is 20.6. The number of halogens is 3. The Morgan fingerprint density at radius 1 is 1.08 bits per heavy atom. The number of nitrogens with zero attached hydrogens (tertiary/aromatic N) is 2. The van der Waals surface area contributed by atoms with E-state index in [-0.39, 0.29) is 12.0 Å². The fourth-order valence-electron chi connectivity index (χ4n) is 3.11. The molecule has 0 saturated carbocycles. The van der Waals surface area contributed by atoms with Crippen LogP contribution in [0.25, 0.3) is 10.9 Å². The smallest absolute Gasteiger partial charge is 0.389 e. The number of fused-ring (bicyclic) bond motifs is 1. The molecule has 144 valence electrons. The minimum Gasteiger partial charge on any atom is -0.478 e. The van der Waals surface area contributed by atoms with Gasteiger partial charge in [-0.2, -0.15) is 18.3 Å². The van der Waals surface area contributed by atoms with E-state index >= 15 is 0 Å². The molecular formula is C18H23F3N2O2S. The Hall–Kier alpha value is -1.70. The molecule has 1 heterocycles. The largest absolute Gasteiger partial charge is 0.478 e. The molecule has 0 fully saturated rings. The van der Waals surface area contributed by atoms with Crippen molar-refractivity contribution in [2.24, 2.45) is 0 Å². The fraction of sp³-hybridized carbons (Fsp3) is 0.556. The number of rotatable bonds is 10. The maximum Gasteiger partial charge on any atom is 0.389 e. The summed E-state index contributed by atoms with van der Waals surface area (Å²) in [7, 11) is 0. The van der Waals surface area contributed by atoms with Crippen LogP contribution >= 0.6 is 12.8 Å². The van der Waals surface area contributed by atoms with Gasteiger partial charge in [-0.1, -0.05) is 38.2 Å². The minimum absolute atomic E-state index is 0.199. The van der Waals surface area contributed by atoms with Gasteiger partial charge in [0.1, 0.15) is 0 Å². The number of hydrogen-bond acceptors (Lipinski definition) is 3. The van der Waals surface area contributed by atoms with Crippen LogP contribution in [0, 0.1) is 0 Å². The third-order valence-electron chi connectivity index (χ3n) is 4.38. The van der Waals surface area contributed by atoms with Gasteiger partial charge in [0, 0.05) is 18.0 Å². The molecule has 1 N–H and O–H groups in total. The Balaban J connectivity index is 1.74. The lowest BCUT2D eigenvalue weighted by atomic mass is 9.97. The highest BCUT2D eigenvalue weighted by molar-refractivity contribution is 7.78. The van der Waals surface area contributed by atoms with Crippen LogP contribution in [0.3, 0.4) is 0 Å². The standard InChI is InChI=1S/C18H23F3N2O2S/c19-18(20,21)11-7-5-3-1-2-4-6-8-13-9-10-15-14(12-23(26)22-15)16(13)17(24)25/h9-10,12,26H,1-8,11H2,(H,24,25). The van der Waals surface area contributed by atoms with Crippen LogP contribution in [-0.4, -0.2) is 26.4 Å². The normalized spacial score (nSPS) is 12.0. The lowest BCUT2D eigenvalue weighted by molar-refractivity contribution is -0.135. The van der Waals surface area contributed by atoms with E-state index in [1.807, 2.05) is 0 Å². The van der Waals surface area contributed by atoms with Gasteiger partial charge in [-0.3, -0.25) is 0 Å². The van der Waals surface area contributed by atoms with Crippen molar-refractivity contribution >= 4 is 29.7 Å². The highest BCUT2D eigenvalue weighted by Gasteiger charge is 2.25. The molecule has 1 aromatic carbocycles. The van der Waals surface area contributed by atoms with Crippen molar-refractivity contribution in [3.05, 3.63) is 29.5 Å². The Morgan fingerprint density at radius 3 is 2.31 bits per heavy atom. The lowest BCUT2D eigenvalue weighted by Crippen LogP contribution is -2.06. The van der Waals surface area contributed by atoms with Crippen molar-refractivity contribution in [3.63, 3.8) is 0 Å². The summed E-state index contributed by atoms with van der Waals surface area (Å²) in [5.41, 5.74) is 1.64. The van der Waals surface area contributed by atoms with Gasteiger partial charge in [0.2, 0.25) is 0 Å². The van der Waals surface area contributed by atoms with Gasteiger partial charge in [0.05, 0.1) is 11.1 Å². The van der Waals surface area contributed by atoms with E-state index in [1.54, 1.807) is 18.3 Å². The van der Waals surface area contributed by atoms with E-state index in [0.717, 1.165) is 37.7 Å². The number of aryl methyl sites for hydroxylation is 1. The van der Waals surface area contributed by atoms with Crippen molar-refractivity contribution in [3.8, 4) is 0 Å². The molecule has 0 bridgehead atoms. The first-order valence-electron chi connectivity index (χ1n) is 8.78. The van der Waals surface area contributed by atoms with Crippen LogP contribution < -0.4 is 0 Å². The third-order valence-corrected chi connectivity index (χ3v) is 4.59. The minimum atomic E-state index is -4.05. The summed E-state index contributed by atoms with van der Waals surface area (Å²) >= 11 is 4.09. The molecule has 0 atom stereocenters. The van der Waals surface area contributed by atoms with E-state index in [2.05, 4.69) is 17.9 Å². The van der Waals surface area contributed by atoms with Crippen LogP contribution in [-0.2, 0) is 6.42 Å². The Kier molecular flexibility index (Phi) is 7.37. The van der Waals surface area contributed by atoms with Gasteiger partial charge in [0.25, 0.3) is 0 Å². The second kappa shape index (κ2) is 9.30. The quantitative estimate of drug-likeness (QED) is 0.408. The van der Waals surface area contributed by atoms with Gasteiger partial charge < -0.3 is 5.11 Å². The first-order valence-corrected chi connectivity index (χ1v) is 9.18. The van der Waals surface area contributed by atoms with Crippen molar-refractivity contribution < 1.29 is 23.1 Å². The second-order valence-corrected chi connectivity index (χ2v) is 6.89. The monoisotopic (exact) mass is 388 g/mol. The maximum absolute atomic E-state index is 12.0. The predicted molar refractivity (Wildman–Crippen MR) is 97.8 cm³/mol. The highest BCUT2D eigenvalue weighted by Crippen LogP contribution is 2.25. The summed E-state index contributed by atoms with van der Waals surface area (Å²) < 4.78 is 37.4. The number of carboxylic acid groups (broad SMARTS) is 1. The molecule has 26 heavy (non-hydrogen) atoms. The summed E-state index contributed by atoms with van der Waals surface area (Å²) in [6.45, 7) is 0. The lowest BCUT2D eigenvalue weighted by Gasteiger charge is -2.07. The average Bonchev–Trinajstić information content (AvgIpc) is 2.91. The number of aromatic carboxylic acids is 1. The highest BCUT2D eigenvalue weighted by atomic mass is 32.1. The van der Waals surface area contributed by atoms with Crippen LogP contribution in [0.2, 0.25) is 0 Å². The number of alkyl halides is 3. The zero-order chi connectivity index (χ0) is 19.2. The maximum atomic E-state index is 12.0. The Labute approximate surface area is 155 Å². The molecule has 0 aliphatic rings. The number of hydrogen-bond donors (Lipinski definition) is 2. The zero-order valence-corrected chi connectivity index (χ0v) is 15.3. The number of thiol groups is 1. The number of benzene rings is 1. The van der Waals surface area contributed by atoms with Gasteiger partial charge in [-0.05, 0) is 43.7 Å². The van der Waals surface area contributed by atoms with Crippen molar-refractivity contribution in [2.45, 2.75) is 64.0 Å². The summed E-state index contributed by atoms with van der Waals surface area (Å²) in [6, 6.07) is 3.59. The van der Waals surface area contributed by atoms with Gasteiger partial charge in [0.15, 0.2) is 0 Å². The molecule has 8 heteroatoms. The van der Waals surface area contributed by atoms with Crippen molar-refractivity contribution in [2.75, 3.05) is 0 Å². The third kappa shape index (κ3) is 6.23. The molecular weight excluding hydrogens is 365 g/mol. The van der Waals surface area contributed by atoms with E-state index in [0.29, 0.717) is 23.7 Å². The molecule has 4 nitrogen and oxygen atoms in total. The van der Waals surface area contributed by atoms with E-state index < -0.39 is 18.6 Å². The molecule has 0 aliphatic heterocycles. The van der Waals surface area contributed by atoms with Gasteiger partial charge >= 0.3 is 12.1 Å². The van der Waals surface area contributed by atoms with Crippen LogP contribution in [0.4, 0.5) is 13.2 Å². The van der Waals surface area contributed by atoms with Gasteiger partial charge in [-0.15, -0.1) is 0 Å². The number of aromatic nitrogens is 2. The zero-order valence-electron chi connectivity index (χ0n) is 14.4. The van der Waals surface area contributed by atoms with Crippen LogP contribution in [0.1, 0.15) is 67.3 Å². The second-order valence-electron chi connectivity index (χ2n) is 6.48. The van der Waals surface area contributed by atoms with Crippen LogP contribution in [0.5, 0.6) is 0 Å². The Morgan fingerprint density at radius 2 is 1.69 bits per heavy atom. The van der Waals surface area contributed by atoms with E-state index in [9.17, 15) is 23.1 Å². The van der Waals surface area contributed by atoms with E-state index in [1.165, 1.54) is 4.09 Å². The molecule has 0 amide bonds. The topological polar surface area (TPSA) is 55.1 Å². The van der Waals surface area contributed by atoms with Gasteiger partial charge in [-0.25, -0.2) is 8.88 Å². The summed E-state index contributed by atoms with van der Waals surface area (Å²) in [5.74, 6) is -0.975. The fourth-order valence-corrected chi connectivity index (χ4v) is 3.32. The SMILES string of the molecule is O=C(O)c1c(CCCCCCCCCC(F)(F)F)ccc2nn(S)cc12. The first-order chi connectivity index (χ1) is 12.3. The number of unbranched alkanes of at least 4 members (excludes halogenated alkanes) is 6. The molecule has 0 spiro atoms. The molecule has 0 unspecified atom stereocenters. The molecule has 2 rings (SSSR count). The van der Waals surface area contributed by atoms with E-state index in [4.69, 9.17) is 0 Å². The molecule has 0 saturated heterocycles. The number of carbonyl (C=O) groups is 1. The molecule has 0 radical (unpaired) electrons. The predicted octanol–water partition coefficient (Wildman–Crippen LogP) is 5.65. The molecule has 1 aromatic heterocycles. The summed E-state index contributed by atoms with van der Waals surface area (Å²) in [5, 5.41) is 14.2. The number of carboxylic acids is 1. The molecule has 2 aromatic rings. The summed E-state index contributed by atoms with van der Waals surface area (Å²) in [4.78, 5) is 11.6. The Bertz CT molecular complexity index is 744. The average molecular weight is 388 g/mol. The molecule has 0 aliphatic carbocycles. The summed E-state index contributed by atoms with van der Waals surface area (Å²) in [6.07, 6.45) is 2.76. The van der Waals surface area contributed by atoms with Crippen molar-refractivity contribution in [1.29, 1.82) is 0 Å².